The Morgan fingerprint density at radius 2 is 2.00 bits per heavy atom. The lowest BCUT2D eigenvalue weighted by molar-refractivity contribution is -0.116. The number of carbonyl (C=O) groups is 1. The minimum absolute atomic E-state index is 0.0833. The number of rotatable bonds is 7. The van der Waals surface area contributed by atoms with Crippen molar-refractivity contribution in [2.45, 2.75) is 39.5 Å². The average molecular weight is 447 g/mol. The Morgan fingerprint density at radius 3 is 2.82 bits per heavy atom. The fraction of sp³-hybridized carbons (Fsp3) is 0.348. The molecule has 0 bridgehead atoms. The molecule has 1 atom stereocenters. The second-order valence-corrected chi connectivity index (χ2v) is 7.86. The number of hydrogen-bond acceptors (Lipinski definition) is 7. The van der Waals surface area contributed by atoms with Crippen LogP contribution in [0.3, 0.4) is 0 Å². The Hall–Kier alpha value is -3.95. The van der Waals surface area contributed by atoms with Gasteiger partial charge in [-0.2, -0.15) is 14.3 Å². The highest BCUT2D eigenvalue weighted by atomic mass is 16.5. The summed E-state index contributed by atoms with van der Waals surface area (Å²) in [7, 11) is 0. The van der Waals surface area contributed by atoms with Crippen molar-refractivity contribution in [3.05, 3.63) is 53.5 Å². The van der Waals surface area contributed by atoms with Crippen molar-refractivity contribution in [1.82, 2.24) is 29.6 Å². The number of fused-ring (bicyclic) bond motifs is 2. The molecule has 0 saturated heterocycles. The first-order chi connectivity index (χ1) is 16.1. The predicted molar refractivity (Wildman–Crippen MR) is 121 cm³/mol. The largest absolute Gasteiger partial charge is 0.490 e. The molecule has 0 radical (unpaired) electrons. The fourth-order valence-corrected chi connectivity index (χ4v) is 4.03. The molecule has 0 spiro atoms. The molecule has 0 aliphatic carbocycles. The molecule has 1 N–H and O–H groups in total. The molecule has 1 amide bonds. The zero-order chi connectivity index (χ0) is 22.9. The number of amides is 1. The third-order valence-electron chi connectivity index (χ3n) is 5.57. The van der Waals surface area contributed by atoms with Crippen molar-refractivity contribution >= 4 is 17.4 Å². The van der Waals surface area contributed by atoms with Crippen LogP contribution in [0.4, 0.5) is 5.82 Å². The first-order valence-electron chi connectivity index (χ1n) is 11.1. The van der Waals surface area contributed by atoms with Gasteiger partial charge in [-0.05, 0) is 50.1 Å². The van der Waals surface area contributed by atoms with E-state index in [9.17, 15) is 4.79 Å². The van der Waals surface area contributed by atoms with Crippen molar-refractivity contribution < 1.29 is 14.3 Å². The van der Waals surface area contributed by atoms with Crippen LogP contribution in [0.25, 0.3) is 11.5 Å². The molecule has 0 saturated carbocycles. The van der Waals surface area contributed by atoms with Crippen molar-refractivity contribution in [2.75, 3.05) is 18.5 Å². The molecule has 10 nitrogen and oxygen atoms in total. The second kappa shape index (κ2) is 8.53. The minimum Gasteiger partial charge on any atom is -0.490 e. The van der Waals surface area contributed by atoms with Gasteiger partial charge in [0.2, 0.25) is 5.91 Å². The highest BCUT2D eigenvalue weighted by Gasteiger charge is 2.31. The van der Waals surface area contributed by atoms with Crippen LogP contribution in [-0.2, 0) is 4.79 Å². The number of ether oxygens (including phenoxy) is 2. The van der Waals surface area contributed by atoms with Crippen molar-refractivity contribution in [3.63, 3.8) is 0 Å². The van der Waals surface area contributed by atoms with Gasteiger partial charge in [-0.25, -0.2) is 0 Å². The summed E-state index contributed by atoms with van der Waals surface area (Å²) in [6, 6.07) is 9.49. The number of nitrogens with one attached hydrogen (secondary N) is 1. The Labute approximate surface area is 190 Å². The third-order valence-corrected chi connectivity index (χ3v) is 5.57. The predicted octanol–water partition coefficient (Wildman–Crippen LogP) is 3.28. The summed E-state index contributed by atoms with van der Waals surface area (Å²) < 4.78 is 14.9. The van der Waals surface area contributed by atoms with Crippen molar-refractivity contribution in [2.24, 2.45) is 0 Å². The van der Waals surface area contributed by atoms with E-state index in [4.69, 9.17) is 9.47 Å². The van der Waals surface area contributed by atoms with E-state index in [-0.39, 0.29) is 11.8 Å². The van der Waals surface area contributed by atoms with Crippen LogP contribution in [-0.4, -0.2) is 48.7 Å². The molecule has 170 valence electrons. The van der Waals surface area contributed by atoms with Crippen LogP contribution in [0.15, 0.2) is 36.5 Å². The number of benzene rings is 1. The zero-order valence-corrected chi connectivity index (χ0v) is 18.8. The SMILES string of the molecule is CCCOc1ccc(C2CC(=O)Nc3c2cnn3-c2ccc3nnc(C)n3n2)cc1OCC. The summed E-state index contributed by atoms with van der Waals surface area (Å²) in [6.07, 6.45) is 3.01. The van der Waals surface area contributed by atoms with E-state index in [0.717, 1.165) is 17.5 Å². The lowest BCUT2D eigenvalue weighted by atomic mass is 9.87. The maximum Gasteiger partial charge on any atom is 0.226 e. The van der Waals surface area contributed by atoms with Gasteiger partial charge in [-0.1, -0.05) is 13.0 Å². The molecule has 5 rings (SSSR count). The molecule has 1 aliphatic heterocycles. The van der Waals surface area contributed by atoms with Gasteiger partial charge in [-0.15, -0.1) is 15.3 Å². The third kappa shape index (κ3) is 3.77. The molecule has 3 aromatic heterocycles. The molecule has 1 aliphatic rings. The molecular weight excluding hydrogens is 422 g/mol. The smallest absolute Gasteiger partial charge is 0.226 e. The maximum absolute atomic E-state index is 12.7. The number of carbonyl (C=O) groups excluding carboxylic acids is 1. The summed E-state index contributed by atoms with van der Waals surface area (Å²) in [6.45, 7) is 6.97. The van der Waals surface area contributed by atoms with Gasteiger partial charge in [0.25, 0.3) is 0 Å². The van der Waals surface area contributed by atoms with Gasteiger partial charge in [-0.3, -0.25) is 4.79 Å². The lowest BCUT2D eigenvalue weighted by Crippen LogP contribution is -2.25. The van der Waals surface area contributed by atoms with Crippen LogP contribution < -0.4 is 14.8 Å². The number of nitrogens with zero attached hydrogens (tertiary/aromatic N) is 6. The highest BCUT2D eigenvalue weighted by Crippen LogP contribution is 2.40. The van der Waals surface area contributed by atoms with Crippen molar-refractivity contribution in [1.29, 1.82) is 0 Å². The van der Waals surface area contributed by atoms with E-state index >= 15 is 0 Å². The molecular formula is C23H25N7O3. The second-order valence-electron chi connectivity index (χ2n) is 7.86. The zero-order valence-electron chi connectivity index (χ0n) is 18.8. The normalized spacial score (nSPS) is 15.4. The van der Waals surface area contributed by atoms with Gasteiger partial charge in [0.1, 0.15) is 5.82 Å². The van der Waals surface area contributed by atoms with E-state index in [1.54, 1.807) is 21.5 Å². The van der Waals surface area contributed by atoms with E-state index in [1.807, 2.05) is 38.1 Å². The number of aromatic nitrogens is 6. The Bertz CT molecular complexity index is 1330. The molecule has 0 fully saturated rings. The minimum atomic E-state index is -0.165. The standard InChI is InChI=1S/C23H25N7O3/c1-4-10-33-18-7-6-15(11-19(18)32-5-2)16-12-22(31)25-23-17(16)13-24-30(23)21-9-8-20-27-26-14(3)29(20)28-21/h6-9,11,13,16H,4-5,10,12H2,1-3H3,(H,25,31). The van der Waals surface area contributed by atoms with E-state index in [2.05, 4.69) is 32.6 Å². The van der Waals surface area contributed by atoms with Crippen LogP contribution in [0.2, 0.25) is 0 Å². The molecule has 1 unspecified atom stereocenters. The molecule has 1 aromatic carbocycles. The first kappa shape index (κ1) is 20.9. The van der Waals surface area contributed by atoms with E-state index in [0.29, 0.717) is 54.2 Å². The number of aryl methyl sites for hydroxylation is 1. The maximum atomic E-state index is 12.7. The monoisotopic (exact) mass is 447 g/mol. The molecule has 4 aromatic rings. The van der Waals surface area contributed by atoms with Crippen LogP contribution in [0.5, 0.6) is 11.5 Å². The van der Waals surface area contributed by atoms with Crippen LogP contribution >= 0.6 is 0 Å². The van der Waals surface area contributed by atoms with Gasteiger partial charge >= 0.3 is 0 Å². The highest BCUT2D eigenvalue weighted by molar-refractivity contribution is 5.94. The van der Waals surface area contributed by atoms with E-state index < -0.39 is 0 Å². The summed E-state index contributed by atoms with van der Waals surface area (Å²) in [5.41, 5.74) is 2.53. The Morgan fingerprint density at radius 1 is 1.12 bits per heavy atom. The van der Waals surface area contributed by atoms with Gasteiger partial charge in [0.05, 0.1) is 19.4 Å². The summed E-state index contributed by atoms with van der Waals surface area (Å²) in [5.74, 6) is 2.98. The molecule has 10 heteroatoms. The number of anilines is 1. The fourth-order valence-electron chi connectivity index (χ4n) is 4.03. The van der Waals surface area contributed by atoms with Crippen molar-refractivity contribution in [3.8, 4) is 17.3 Å². The lowest BCUT2D eigenvalue weighted by Gasteiger charge is -2.24. The van der Waals surface area contributed by atoms with E-state index in [1.165, 1.54) is 0 Å². The van der Waals surface area contributed by atoms with Crippen LogP contribution in [0.1, 0.15) is 49.6 Å². The first-order valence-corrected chi connectivity index (χ1v) is 11.1. The Balaban J connectivity index is 1.55. The Kier molecular flexibility index (Phi) is 5.41. The molecule has 33 heavy (non-hydrogen) atoms. The number of hydrogen-bond donors (Lipinski definition) is 1. The quantitative estimate of drug-likeness (QED) is 0.463. The summed E-state index contributed by atoms with van der Waals surface area (Å²) >= 11 is 0. The topological polar surface area (TPSA) is 108 Å². The summed E-state index contributed by atoms with van der Waals surface area (Å²) in [5, 5.41) is 20.2. The average Bonchev–Trinajstić information content (AvgIpc) is 3.41. The molecule has 4 heterocycles. The van der Waals surface area contributed by atoms with Gasteiger partial charge < -0.3 is 14.8 Å². The van der Waals surface area contributed by atoms with Crippen LogP contribution in [0, 0.1) is 6.92 Å². The summed E-state index contributed by atoms with van der Waals surface area (Å²) in [4.78, 5) is 12.7. The van der Waals surface area contributed by atoms with Gasteiger partial charge in [0.15, 0.2) is 28.8 Å². The van der Waals surface area contributed by atoms with Gasteiger partial charge in [0, 0.05) is 17.9 Å².